The van der Waals surface area contributed by atoms with Crippen molar-refractivity contribution in [3.63, 3.8) is 0 Å². The number of nitriles is 1. The first-order valence-electron chi connectivity index (χ1n) is 5.26. The third-order valence-electron chi connectivity index (χ3n) is 2.94. The maximum absolute atomic E-state index is 13.5. The molecule has 0 amide bonds. The van der Waals surface area contributed by atoms with Gasteiger partial charge in [0.05, 0.1) is 11.3 Å². The highest BCUT2D eigenvalue weighted by Crippen LogP contribution is 2.31. The van der Waals surface area contributed by atoms with Gasteiger partial charge in [-0.25, -0.2) is 8.78 Å². The molecule has 2 nitrogen and oxygen atoms in total. The van der Waals surface area contributed by atoms with E-state index in [-0.39, 0.29) is 17.3 Å². The fourth-order valence-corrected chi connectivity index (χ4v) is 1.99. The van der Waals surface area contributed by atoms with E-state index >= 15 is 0 Å². The van der Waals surface area contributed by atoms with Crippen molar-refractivity contribution in [2.45, 2.75) is 25.8 Å². The summed E-state index contributed by atoms with van der Waals surface area (Å²) in [5.74, 6) is -1.39. The van der Waals surface area contributed by atoms with Gasteiger partial charge in [0.1, 0.15) is 6.07 Å². The first-order valence-corrected chi connectivity index (χ1v) is 5.26. The summed E-state index contributed by atoms with van der Waals surface area (Å²) in [6.45, 7) is 2.12. The smallest absolute Gasteiger partial charge is 0.183 e. The van der Waals surface area contributed by atoms with E-state index in [1.165, 1.54) is 12.1 Å². The molecule has 16 heavy (non-hydrogen) atoms. The molecular weight excluding hydrogens is 210 g/mol. The number of nitrogens with one attached hydrogen (secondary N) is 1. The fraction of sp³-hybridized carbons (Fsp3) is 0.417. The van der Waals surface area contributed by atoms with Crippen LogP contribution in [0.5, 0.6) is 0 Å². The second-order valence-electron chi connectivity index (χ2n) is 4.32. The van der Waals surface area contributed by atoms with Gasteiger partial charge in [-0.3, -0.25) is 0 Å². The Kier molecular flexibility index (Phi) is 2.78. The standard InChI is InChI=1S/C12H12F2N2/c1-7-4-9(5-7)16-10-3-2-8(6-15)11(13)12(10)14/h2-3,7,9,16H,4-5H2,1H3. The zero-order valence-corrected chi connectivity index (χ0v) is 8.93. The van der Waals surface area contributed by atoms with Gasteiger partial charge in [-0.05, 0) is 30.9 Å². The van der Waals surface area contributed by atoms with Gasteiger partial charge in [0.15, 0.2) is 11.6 Å². The molecule has 1 aliphatic rings. The van der Waals surface area contributed by atoms with Crippen molar-refractivity contribution >= 4 is 5.69 Å². The van der Waals surface area contributed by atoms with Crippen LogP contribution in [0.1, 0.15) is 25.3 Å². The molecule has 0 spiro atoms. The highest BCUT2D eigenvalue weighted by Gasteiger charge is 2.26. The number of benzene rings is 1. The van der Waals surface area contributed by atoms with Gasteiger partial charge in [0.2, 0.25) is 0 Å². The lowest BCUT2D eigenvalue weighted by Crippen LogP contribution is -2.34. The SMILES string of the molecule is CC1CC(Nc2ccc(C#N)c(F)c2F)C1. The molecule has 0 atom stereocenters. The fourth-order valence-electron chi connectivity index (χ4n) is 1.99. The van der Waals surface area contributed by atoms with Crippen LogP contribution in [0.4, 0.5) is 14.5 Å². The Bertz CT molecular complexity index is 445. The van der Waals surface area contributed by atoms with Gasteiger partial charge in [0.25, 0.3) is 0 Å². The summed E-state index contributed by atoms with van der Waals surface area (Å²) in [4.78, 5) is 0. The predicted octanol–water partition coefficient (Wildman–Crippen LogP) is 3.05. The van der Waals surface area contributed by atoms with E-state index in [9.17, 15) is 8.78 Å². The molecule has 0 radical (unpaired) electrons. The molecule has 0 heterocycles. The second kappa shape index (κ2) is 4.09. The van der Waals surface area contributed by atoms with Crippen LogP contribution in [0.2, 0.25) is 0 Å². The Labute approximate surface area is 92.9 Å². The van der Waals surface area contributed by atoms with Gasteiger partial charge in [-0.1, -0.05) is 6.92 Å². The van der Waals surface area contributed by atoms with Crippen LogP contribution in [0.15, 0.2) is 12.1 Å². The molecule has 0 unspecified atom stereocenters. The molecule has 4 heteroatoms. The molecule has 84 valence electrons. The second-order valence-corrected chi connectivity index (χ2v) is 4.32. The topological polar surface area (TPSA) is 35.8 Å². The minimum absolute atomic E-state index is 0.147. The number of nitrogens with zero attached hydrogens (tertiary/aromatic N) is 1. The molecular formula is C12H12F2N2. The van der Waals surface area contributed by atoms with E-state index in [1.54, 1.807) is 6.07 Å². The average molecular weight is 222 g/mol. The summed E-state index contributed by atoms with van der Waals surface area (Å²) < 4.78 is 26.8. The summed E-state index contributed by atoms with van der Waals surface area (Å²) in [6.07, 6.45) is 1.95. The van der Waals surface area contributed by atoms with Crippen LogP contribution in [-0.2, 0) is 0 Å². The number of anilines is 1. The predicted molar refractivity (Wildman–Crippen MR) is 56.9 cm³/mol. The molecule has 2 rings (SSSR count). The van der Waals surface area contributed by atoms with E-state index in [4.69, 9.17) is 5.26 Å². The van der Waals surface area contributed by atoms with Crippen molar-refractivity contribution < 1.29 is 8.78 Å². The van der Waals surface area contributed by atoms with Gasteiger partial charge >= 0.3 is 0 Å². The molecule has 1 aromatic carbocycles. The largest absolute Gasteiger partial charge is 0.380 e. The van der Waals surface area contributed by atoms with Crippen molar-refractivity contribution in [2.24, 2.45) is 5.92 Å². The lowest BCUT2D eigenvalue weighted by molar-refractivity contribution is 0.308. The molecule has 0 aliphatic heterocycles. The minimum Gasteiger partial charge on any atom is -0.380 e. The third kappa shape index (κ3) is 1.85. The van der Waals surface area contributed by atoms with Crippen molar-refractivity contribution in [1.29, 1.82) is 5.26 Å². The molecule has 1 fully saturated rings. The van der Waals surface area contributed by atoms with E-state index in [2.05, 4.69) is 12.2 Å². The maximum atomic E-state index is 13.5. The maximum Gasteiger partial charge on any atom is 0.183 e. The van der Waals surface area contributed by atoms with Gasteiger partial charge in [-0.15, -0.1) is 0 Å². The average Bonchev–Trinajstić information content (AvgIpc) is 2.23. The van der Waals surface area contributed by atoms with Gasteiger partial charge in [0, 0.05) is 6.04 Å². The first kappa shape index (κ1) is 10.9. The van der Waals surface area contributed by atoms with Crippen molar-refractivity contribution in [1.82, 2.24) is 0 Å². The van der Waals surface area contributed by atoms with E-state index < -0.39 is 11.6 Å². The summed E-state index contributed by atoms with van der Waals surface area (Å²) in [5.41, 5.74) is -0.113. The molecule has 1 N–H and O–H groups in total. The molecule has 0 bridgehead atoms. The Morgan fingerprint density at radius 2 is 2.00 bits per heavy atom. The van der Waals surface area contributed by atoms with E-state index in [0.717, 1.165) is 12.8 Å². The summed E-state index contributed by atoms with van der Waals surface area (Å²) in [7, 11) is 0. The minimum atomic E-state index is -1.07. The quantitative estimate of drug-likeness (QED) is 0.834. The van der Waals surface area contributed by atoms with Gasteiger partial charge in [-0.2, -0.15) is 5.26 Å². The van der Waals surface area contributed by atoms with Crippen LogP contribution in [-0.4, -0.2) is 6.04 Å². The lowest BCUT2D eigenvalue weighted by atomic mass is 9.82. The summed E-state index contributed by atoms with van der Waals surface area (Å²) >= 11 is 0. The third-order valence-corrected chi connectivity index (χ3v) is 2.94. The Hall–Kier alpha value is -1.63. The summed E-state index contributed by atoms with van der Waals surface area (Å²) in [6, 6.07) is 4.54. The molecule has 1 saturated carbocycles. The highest BCUT2D eigenvalue weighted by molar-refractivity contribution is 5.50. The Balaban J connectivity index is 2.17. The van der Waals surface area contributed by atoms with E-state index in [1.807, 2.05) is 0 Å². The number of halogens is 2. The monoisotopic (exact) mass is 222 g/mol. The molecule has 1 aromatic rings. The summed E-state index contributed by atoms with van der Waals surface area (Å²) in [5, 5.41) is 11.5. The van der Waals surface area contributed by atoms with Crippen LogP contribution in [0, 0.1) is 28.9 Å². The van der Waals surface area contributed by atoms with Crippen LogP contribution >= 0.6 is 0 Å². The van der Waals surface area contributed by atoms with Crippen molar-refractivity contribution in [3.8, 4) is 6.07 Å². The normalized spacial score (nSPS) is 23.4. The molecule has 0 saturated heterocycles. The zero-order chi connectivity index (χ0) is 11.7. The number of hydrogen-bond donors (Lipinski definition) is 1. The van der Waals surface area contributed by atoms with Crippen LogP contribution in [0.3, 0.4) is 0 Å². The number of rotatable bonds is 2. The van der Waals surface area contributed by atoms with Crippen LogP contribution in [0.25, 0.3) is 0 Å². The lowest BCUT2D eigenvalue weighted by Gasteiger charge is -2.34. The van der Waals surface area contributed by atoms with E-state index in [0.29, 0.717) is 5.92 Å². The van der Waals surface area contributed by atoms with Crippen molar-refractivity contribution in [3.05, 3.63) is 29.3 Å². The zero-order valence-electron chi connectivity index (χ0n) is 8.93. The Morgan fingerprint density at radius 3 is 2.56 bits per heavy atom. The van der Waals surface area contributed by atoms with Crippen LogP contribution < -0.4 is 5.32 Å². The van der Waals surface area contributed by atoms with Crippen molar-refractivity contribution in [2.75, 3.05) is 5.32 Å². The highest BCUT2D eigenvalue weighted by atomic mass is 19.2. The molecule has 0 aromatic heterocycles. The Morgan fingerprint density at radius 1 is 1.31 bits per heavy atom. The number of hydrogen-bond acceptors (Lipinski definition) is 2. The van der Waals surface area contributed by atoms with Gasteiger partial charge < -0.3 is 5.32 Å². The first-order chi connectivity index (χ1) is 7.61. The molecule has 1 aliphatic carbocycles.